The van der Waals surface area contributed by atoms with E-state index in [1.54, 1.807) is 0 Å². The first kappa shape index (κ1) is 16.2. The van der Waals surface area contributed by atoms with Gasteiger partial charge in [-0.15, -0.1) is 0 Å². The number of hydrogen-bond donors (Lipinski definition) is 6. The Balaban J connectivity index is 0. The smallest absolute Gasteiger partial charge is 0.326 e. The van der Waals surface area contributed by atoms with Crippen LogP contribution >= 0.6 is 0 Å². The van der Waals surface area contributed by atoms with Gasteiger partial charge in [0, 0.05) is 0 Å². The van der Waals surface area contributed by atoms with Crippen LogP contribution in [0.5, 0.6) is 0 Å². The maximum atomic E-state index is 10.1. The predicted octanol–water partition coefficient (Wildman–Crippen LogP) is -2.03. The number of hydrogen-bond acceptors (Lipinski definition) is 7. The number of hydroxylamine groups is 2. The van der Waals surface area contributed by atoms with Crippen LogP contribution in [0.2, 0.25) is 0 Å². The van der Waals surface area contributed by atoms with Crippen LogP contribution in [0.25, 0.3) is 0 Å². The molecule has 1 unspecified atom stereocenters. The minimum absolute atomic E-state index is 0.125. The lowest BCUT2D eigenvalue weighted by Gasteiger charge is -2.12. The fourth-order valence-corrected chi connectivity index (χ4v) is 0.433. The second kappa shape index (κ2) is 9.30. The van der Waals surface area contributed by atoms with Gasteiger partial charge in [-0.2, -0.15) is 0 Å². The van der Waals surface area contributed by atoms with Gasteiger partial charge in [0.25, 0.3) is 0 Å². The molecule has 0 aliphatic carbocycles. The molecule has 0 saturated carbocycles. The fraction of sp³-hybridized carbons (Fsp3) is 0.667. The second-order valence-corrected chi connectivity index (χ2v) is 2.22. The van der Waals surface area contributed by atoms with Crippen LogP contribution in [-0.4, -0.2) is 67.3 Å². The van der Waals surface area contributed by atoms with Crippen LogP contribution in [0, 0.1) is 0 Å². The Labute approximate surface area is 84.3 Å². The predicted molar refractivity (Wildman–Crippen MR) is 43.3 cm³/mol. The maximum absolute atomic E-state index is 10.1. The number of aliphatic hydroxyl groups is 2. The quantitative estimate of drug-likeness (QED) is 0.291. The number of aliphatic carboxylic acids is 2. The average Bonchev–Trinajstić information content (AvgIpc) is 2.13. The number of aliphatic hydroxyl groups excluding tert-OH is 2. The highest BCUT2D eigenvalue weighted by Crippen LogP contribution is 1.98. The number of carbonyl (C=O) groups is 2. The van der Waals surface area contributed by atoms with Crippen molar-refractivity contribution in [3.8, 4) is 0 Å². The first-order valence-electron chi connectivity index (χ1n) is 3.70. The lowest BCUT2D eigenvalue weighted by molar-refractivity contribution is -0.327. The molecular weight excluding hydrogens is 214 g/mol. The molecule has 0 saturated heterocycles. The number of carboxylic acids is 2. The normalized spacial score (nSPS) is 11.5. The van der Waals surface area contributed by atoms with E-state index in [2.05, 4.69) is 0 Å². The van der Waals surface area contributed by atoms with Gasteiger partial charge in [0.05, 0.1) is 19.6 Å². The third-order valence-electron chi connectivity index (χ3n) is 1.03. The zero-order chi connectivity index (χ0) is 12.4. The van der Waals surface area contributed by atoms with Crippen molar-refractivity contribution in [2.24, 2.45) is 0 Å². The van der Waals surface area contributed by atoms with Crippen molar-refractivity contribution in [2.75, 3.05) is 13.2 Å². The van der Waals surface area contributed by atoms with Crippen LogP contribution < -0.4 is 0 Å². The molecule has 1 atom stereocenters. The zero-order valence-corrected chi connectivity index (χ0v) is 7.65. The molecule has 9 heteroatoms. The SMILES string of the molecule is O=C(O)CC(C(=O)O)N(O)O.OCCO. The minimum atomic E-state index is -1.83. The first-order valence-corrected chi connectivity index (χ1v) is 3.70. The standard InChI is InChI=1S/C4H7NO6.C2H6O2/c6-3(7)1-2(4(8)9)5(10)11;3-1-2-4/h2,10-11H,1H2,(H,6,7)(H,8,9);3-4H,1-2H2. The van der Waals surface area contributed by atoms with E-state index in [1.807, 2.05) is 0 Å². The van der Waals surface area contributed by atoms with E-state index in [0.29, 0.717) is 0 Å². The molecule has 0 aromatic rings. The summed E-state index contributed by atoms with van der Waals surface area (Å²) in [6.45, 7) is -0.250. The zero-order valence-electron chi connectivity index (χ0n) is 7.65. The second-order valence-electron chi connectivity index (χ2n) is 2.22. The molecule has 0 aromatic heterocycles. The monoisotopic (exact) mass is 227 g/mol. The van der Waals surface area contributed by atoms with E-state index in [1.165, 1.54) is 0 Å². The highest BCUT2D eigenvalue weighted by atomic mass is 16.8. The Morgan fingerprint density at radius 3 is 1.53 bits per heavy atom. The molecular formula is C6H13NO8. The molecule has 0 amide bonds. The summed E-state index contributed by atoms with van der Waals surface area (Å²) < 4.78 is 0. The Hall–Kier alpha value is -1.26. The van der Waals surface area contributed by atoms with Crippen molar-refractivity contribution in [2.45, 2.75) is 12.5 Å². The van der Waals surface area contributed by atoms with Crippen molar-refractivity contribution in [1.29, 1.82) is 0 Å². The largest absolute Gasteiger partial charge is 0.481 e. The molecule has 9 nitrogen and oxygen atoms in total. The lowest BCUT2D eigenvalue weighted by atomic mass is 10.2. The number of carboxylic acid groups (broad SMARTS) is 2. The molecule has 0 rings (SSSR count). The first-order chi connectivity index (χ1) is 6.86. The molecule has 0 bridgehead atoms. The Kier molecular flexibility index (Phi) is 10.0. The fourth-order valence-electron chi connectivity index (χ4n) is 0.433. The van der Waals surface area contributed by atoms with Crippen LogP contribution in [0.4, 0.5) is 0 Å². The van der Waals surface area contributed by atoms with Crippen molar-refractivity contribution < 1.29 is 40.4 Å². The summed E-state index contributed by atoms with van der Waals surface area (Å²) in [5, 5.41) is 47.2. The Morgan fingerprint density at radius 1 is 1.07 bits per heavy atom. The Morgan fingerprint density at radius 2 is 1.47 bits per heavy atom. The van der Waals surface area contributed by atoms with Gasteiger partial charge in [-0.05, 0) is 0 Å². The van der Waals surface area contributed by atoms with Crippen molar-refractivity contribution >= 4 is 11.9 Å². The summed E-state index contributed by atoms with van der Waals surface area (Å²) in [4.78, 5) is 20.0. The van der Waals surface area contributed by atoms with Crippen molar-refractivity contribution in [3.63, 3.8) is 0 Å². The summed E-state index contributed by atoms with van der Waals surface area (Å²) in [6.07, 6.45) is -0.873. The molecule has 0 fully saturated rings. The van der Waals surface area contributed by atoms with Gasteiger partial charge in [-0.25, -0.2) is 0 Å². The molecule has 90 valence electrons. The van der Waals surface area contributed by atoms with E-state index in [9.17, 15) is 9.59 Å². The number of nitrogens with zero attached hydrogens (tertiary/aromatic N) is 1. The Bertz CT molecular complexity index is 192. The van der Waals surface area contributed by atoms with Gasteiger partial charge >= 0.3 is 11.9 Å². The average molecular weight is 227 g/mol. The van der Waals surface area contributed by atoms with Gasteiger partial charge in [0.15, 0.2) is 6.04 Å². The molecule has 0 heterocycles. The van der Waals surface area contributed by atoms with E-state index in [0.717, 1.165) is 0 Å². The van der Waals surface area contributed by atoms with E-state index >= 15 is 0 Å². The van der Waals surface area contributed by atoms with Crippen LogP contribution in [0.15, 0.2) is 0 Å². The summed E-state index contributed by atoms with van der Waals surface area (Å²) in [5.74, 6) is -3.04. The van der Waals surface area contributed by atoms with Crippen molar-refractivity contribution in [1.82, 2.24) is 5.23 Å². The van der Waals surface area contributed by atoms with Gasteiger partial charge in [-0.3, -0.25) is 20.0 Å². The topological polar surface area (TPSA) is 159 Å². The van der Waals surface area contributed by atoms with E-state index < -0.39 is 29.6 Å². The maximum Gasteiger partial charge on any atom is 0.326 e. The summed E-state index contributed by atoms with van der Waals surface area (Å²) in [6, 6.07) is -1.83. The molecule has 15 heavy (non-hydrogen) atoms. The van der Waals surface area contributed by atoms with Gasteiger partial charge < -0.3 is 20.4 Å². The van der Waals surface area contributed by atoms with Crippen LogP contribution in [-0.2, 0) is 9.59 Å². The van der Waals surface area contributed by atoms with Gasteiger partial charge in [-0.1, -0.05) is 5.23 Å². The molecule has 0 aromatic carbocycles. The van der Waals surface area contributed by atoms with Crippen LogP contribution in [0.1, 0.15) is 6.42 Å². The highest BCUT2D eigenvalue weighted by molar-refractivity contribution is 5.80. The molecule has 0 radical (unpaired) electrons. The van der Waals surface area contributed by atoms with Crippen LogP contribution in [0.3, 0.4) is 0 Å². The summed E-state index contributed by atoms with van der Waals surface area (Å²) in [7, 11) is 0. The molecule has 0 aliphatic rings. The summed E-state index contributed by atoms with van der Waals surface area (Å²) in [5.41, 5.74) is 0. The van der Waals surface area contributed by atoms with E-state index in [-0.39, 0.29) is 13.2 Å². The molecule has 6 N–H and O–H groups in total. The van der Waals surface area contributed by atoms with E-state index in [4.69, 9.17) is 30.8 Å². The van der Waals surface area contributed by atoms with Gasteiger partial charge in [0.2, 0.25) is 0 Å². The van der Waals surface area contributed by atoms with Gasteiger partial charge in [0.1, 0.15) is 0 Å². The van der Waals surface area contributed by atoms with Crippen molar-refractivity contribution in [3.05, 3.63) is 0 Å². The summed E-state index contributed by atoms with van der Waals surface area (Å²) >= 11 is 0. The highest BCUT2D eigenvalue weighted by Gasteiger charge is 2.26. The third-order valence-corrected chi connectivity index (χ3v) is 1.03. The lowest BCUT2D eigenvalue weighted by Crippen LogP contribution is -2.38. The molecule has 0 aliphatic heterocycles. The minimum Gasteiger partial charge on any atom is -0.481 e. The molecule has 0 spiro atoms. The third kappa shape index (κ3) is 10.7. The number of rotatable bonds is 5.